The lowest BCUT2D eigenvalue weighted by Gasteiger charge is -2.36. The maximum atomic E-state index is 11.8. The molecule has 0 atom stereocenters. The van der Waals surface area contributed by atoms with E-state index in [1.807, 2.05) is 18.7 Å². The number of aryl methyl sites for hydroxylation is 2. The van der Waals surface area contributed by atoms with Gasteiger partial charge in [-0.25, -0.2) is 4.79 Å². The molecule has 0 aromatic carbocycles. The third-order valence-electron chi connectivity index (χ3n) is 3.37. The van der Waals surface area contributed by atoms with Gasteiger partial charge in [-0.05, 0) is 13.8 Å². The highest BCUT2D eigenvalue weighted by molar-refractivity contribution is 5.74. The van der Waals surface area contributed by atoms with Gasteiger partial charge >= 0.3 is 6.03 Å². The molecular formula is C13H21N5O. The van der Waals surface area contributed by atoms with Crippen molar-refractivity contribution >= 4 is 11.7 Å². The van der Waals surface area contributed by atoms with E-state index in [1.54, 1.807) is 6.08 Å². The number of nitrogens with one attached hydrogen (secondary N) is 2. The molecule has 0 saturated carbocycles. The van der Waals surface area contributed by atoms with Gasteiger partial charge in [0.1, 0.15) is 0 Å². The number of aromatic amines is 1. The Hall–Kier alpha value is -1.98. The van der Waals surface area contributed by atoms with Gasteiger partial charge in [-0.2, -0.15) is 5.10 Å². The van der Waals surface area contributed by atoms with Crippen LogP contribution in [0.4, 0.5) is 10.5 Å². The second-order valence-corrected chi connectivity index (χ2v) is 4.73. The van der Waals surface area contributed by atoms with E-state index < -0.39 is 0 Å². The maximum Gasteiger partial charge on any atom is 0.317 e. The highest BCUT2D eigenvalue weighted by atomic mass is 16.2. The fraction of sp³-hybridized carbons (Fsp3) is 0.538. The summed E-state index contributed by atoms with van der Waals surface area (Å²) in [6, 6.07) is -0.0137. The number of piperazine rings is 1. The van der Waals surface area contributed by atoms with Crippen LogP contribution in [0.2, 0.25) is 0 Å². The van der Waals surface area contributed by atoms with Gasteiger partial charge < -0.3 is 15.1 Å². The molecule has 0 unspecified atom stereocenters. The third kappa shape index (κ3) is 2.89. The predicted octanol–water partition coefficient (Wildman–Crippen LogP) is 1.04. The minimum Gasteiger partial charge on any atom is -0.365 e. The molecule has 19 heavy (non-hydrogen) atoms. The van der Waals surface area contributed by atoms with Gasteiger partial charge in [-0.15, -0.1) is 6.58 Å². The van der Waals surface area contributed by atoms with Crippen molar-refractivity contribution in [2.75, 3.05) is 37.6 Å². The summed E-state index contributed by atoms with van der Waals surface area (Å²) in [6.45, 7) is 11.3. The molecule has 6 heteroatoms. The van der Waals surface area contributed by atoms with Crippen LogP contribution in [0, 0.1) is 13.8 Å². The van der Waals surface area contributed by atoms with E-state index in [0.29, 0.717) is 6.54 Å². The van der Waals surface area contributed by atoms with E-state index in [0.717, 1.165) is 37.6 Å². The molecule has 0 aliphatic carbocycles. The zero-order valence-electron chi connectivity index (χ0n) is 11.6. The smallest absolute Gasteiger partial charge is 0.317 e. The first-order valence-corrected chi connectivity index (χ1v) is 6.53. The van der Waals surface area contributed by atoms with Crippen LogP contribution in [-0.2, 0) is 0 Å². The van der Waals surface area contributed by atoms with Crippen molar-refractivity contribution in [2.24, 2.45) is 0 Å². The lowest BCUT2D eigenvalue weighted by atomic mass is 10.2. The number of carbonyl (C=O) groups is 1. The average Bonchev–Trinajstić information content (AvgIpc) is 2.76. The maximum absolute atomic E-state index is 11.8. The fourth-order valence-electron chi connectivity index (χ4n) is 2.42. The largest absolute Gasteiger partial charge is 0.365 e. The second kappa shape index (κ2) is 5.77. The van der Waals surface area contributed by atoms with Gasteiger partial charge in [0.25, 0.3) is 0 Å². The zero-order chi connectivity index (χ0) is 13.8. The molecule has 0 spiro atoms. The van der Waals surface area contributed by atoms with Crippen molar-refractivity contribution < 1.29 is 4.79 Å². The Bertz CT molecular complexity index is 440. The number of urea groups is 1. The Morgan fingerprint density at radius 3 is 2.63 bits per heavy atom. The number of amides is 2. The van der Waals surface area contributed by atoms with E-state index in [2.05, 4.69) is 27.0 Å². The lowest BCUT2D eigenvalue weighted by Crippen LogP contribution is -2.52. The summed E-state index contributed by atoms with van der Waals surface area (Å²) < 4.78 is 0. The Morgan fingerprint density at radius 1 is 1.42 bits per heavy atom. The third-order valence-corrected chi connectivity index (χ3v) is 3.37. The van der Waals surface area contributed by atoms with Crippen LogP contribution < -0.4 is 10.2 Å². The molecule has 2 N–H and O–H groups in total. The Balaban J connectivity index is 1.92. The number of carbonyl (C=O) groups excluding carboxylic acids is 1. The number of nitrogens with zero attached hydrogens (tertiary/aromatic N) is 3. The molecular weight excluding hydrogens is 242 g/mol. The molecule has 2 amide bonds. The van der Waals surface area contributed by atoms with E-state index in [4.69, 9.17) is 0 Å². The Labute approximate surface area is 113 Å². The van der Waals surface area contributed by atoms with Gasteiger partial charge in [-0.3, -0.25) is 5.10 Å². The number of hydrogen-bond acceptors (Lipinski definition) is 3. The van der Waals surface area contributed by atoms with Gasteiger partial charge in [0, 0.05) is 32.7 Å². The van der Waals surface area contributed by atoms with Gasteiger partial charge in [-0.1, -0.05) is 6.08 Å². The van der Waals surface area contributed by atoms with Crippen molar-refractivity contribution in [3.63, 3.8) is 0 Å². The van der Waals surface area contributed by atoms with E-state index in [1.165, 1.54) is 5.69 Å². The van der Waals surface area contributed by atoms with Gasteiger partial charge in [0.2, 0.25) is 0 Å². The summed E-state index contributed by atoms with van der Waals surface area (Å²) in [4.78, 5) is 15.9. The highest BCUT2D eigenvalue weighted by Gasteiger charge is 2.23. The van der Waals surface area contributed by atoms with Gasteiger partial charge in [0.05, 0.1) is 17.1 Å². The van der Waals surface area contributed by atoms with Crippen molar-refractivity contribution in [3.05, 3.63) is 24.0 Å². The van der Waals surface area contributed by atoms with Crippen molar-refractivity contribution in [1.82, 2.24) is 20.4 Å². The van der Waals surface area contributed by atoms with E-state index >= 15 is 0 Å². The number of hydrogen-bond donors (Lipinski definition) is 2. The predicted molar refractivity (Wildman–Crippen MR) is 75.4 cm³/mol. The molecule has 1 aromatic rings. The van der Waals surface area contributed by atoms with Crippen LogP contribution >= 0.6 is 0 Å². The van der Waals surface area contributed by atoms with Crippen LogP contribution in [-0.4, -0.2) is 53.9 Å². The molecule has 1 fully saturated rings. The number of aromatic nitrogens is 2. The van der Waals surface area contributed by atoms with Crippen LogP contribution in [0.1, 0.15) is 11.4 Å². The van der Waals surface area contributed by atoms with Crippen LogP contribution in [0.25, 0.3) is 0 Å². The van der Waals surface area contributed by atoms with E-state index in [9.17, 15) is 4.79 Å². The molecule has 0 bridgehead atoms. The summed E-state index contributed by atoms with van der Waals surface area (Å²) in [7, 11) is 0. The highest BCUT2D eigenvalue weighted by Crippen LogP contribution is 2.23. The summed E-state index contributed by atoms with van der Waals surface area (Å²) in [6.07, 6.45) is 1.69. The van der Waals surface area contributed by atoms with Crippen molar-refractivity contribution in [3.8, 4) is 0 Å². The lowest BCUT2D eigenvalue weighted by molar-refractivity contribution is 0.195. The summed E-state index contributed by atoms with van der Waals surface area (Å²) >= 11 is 0. The van der Waals surface area contributed by atoms with E-state index in [-0.39, 0.29) is 6.03 Å². The summed E-state index contributed by atoms with van der Waals surface area (Å²) in [5.41, 5.74) is 3.27. The SMILES string of the molecule is C=CCNC(=O)N1CCN(c2c(C)n[nH]c2C)CC1. The molecule has 2 rings (SSSR count). The first-order valence-electron chi connectivity index (χ1n) is 6.53. The molecule has 104 valence electrons. The summed E-state index contributed by atoms with van der Waals surface area (Å²) in [5, 5.41) is 10.0. The molecule has 2 heterocycles. The van der Waals surface area contributed by atoms with Crippen molar-refractivity contribution in [2.45, 2.75) is 13.8 Å². The van der Waals surface area contributed by atoms with Crippen LogP contribution in [0.15, 0.2) is 12.7 Å². The van der Waals surface area contributed by atoms with Crippen molar-refractivity contribution in [1.29, 1.82) is 0 Å². The summed E-state index contributed by atoms with van der Waals surface area (Å²) in [5.74, 6) is 0. The fourth-order valence-corrected chi connectivity index (χ4v) is 2.42. The van der Waals surface area contributed by atoms with Crippen LogP contribution in [0.3, 0.4) is 0 Å². The first-order chi connectivity index (χ1) is 9.13. The standard InChI is InChI=1S/C13H21N5O/c1-4-5-14-13(19)18-8-6-17(7-9-18)12-10(2)15-16-11(12)3/h4H,1,5-9H2,2-3H3,(H,14,19)(H,15,16). The number of anilines is 1. The molecule has 1 aliphatic heterocycles. The van der Waals surface area contributed by atoms with Gasteiger partial charge in [0.15, 0.2) is 0 Å². The van der Waals surface area contributed by atoms with Crippen LogP contribution in [0.5, 0.6) is 0 Å². The average molecular weight is 263 g/mol. The molecule has 1 aliphatic rings. The minimum absolute atomic E-state index is 0.0137. The second-order valence-electron chi connectivity index (χ2n) is 4.73. The first kappa shape index (κ1) is 13.5. The number of H-pyrrole nitrogens is 1. The number of rotatable bonds is 3. The topological polar surface area (TPSA) is 64.3 Å². The zero-order valence-corrected chi connectivity index (χ0v) is 11.6. The normalized spacial score (nSPS) is 15.5. The quantitative estimate of drug-likeness (QED) is 0.801. The Kier molecular flexibility index (Phi) is 4.09. The minimum atomic E-state index is -0.0137. The molecule has 1 aromatic heterocycles. The Morgan fingerprint density at radius 2 is 2.11 bits per heavy atom. The molecule has 6 nitrogen and oxygen atoms in total. The molecule has 0 radical (unpaired) electrons. The molecule has 1 saturated heterocycles. The monoisotopic (exact) mass is 263 g/mol.